The zero-order valence-electron chi connectivity index (χ0n) is 13.5. The first-order chi connectivity index (χ1) is 12.2. The number of benzene rings is 3. The van der Waals surface area contributed by atoms with E-state index < -0.39 is 0 Å². The largest absolute Gasteiger partial charge is 0.399 e. The van der Waals surface area contributed by atoms with Gasteiger partial charge in [0.1, 0.15) is 0 Å². The molecule has 4 N–H and O–H groups in total. The molecule has 0 aliphatic carbocycles. The van der Waals surface area contributed by atoms with Crippen molar-refractivity contribution in [2.45, 2.75) is 0 Å². The summed E-state index contributed by atoms with van der Waals surface area (Å²) >= 11 is 0. The van der Waals surface area contributed by atoms with Crippen LogP contribution in [0.15, 0.2) is 78.9 Å². The minimum absolute atomic E-state index is 0.136. The van der Waals surface area contributed by atoms with Crippen LogP contribution in [0.2, 0.25) is 0 Å². The SMILES string of the molecule is Nc1ccc2c(c1)NC(=O)/C2=C(\Nc1ccccc1)c1ccccc1. The number of amides is 1. The highest BCUT2D eigenvalue weighted by atomic mass is 16.2. The van der Waals surface area contributed by atoms with E-state index in [1.54, 1.807) is 6.07 Å². The Morgan fingerprint density at radius 2 is 1.56 bits per heavy atom. The molecular formula is C21H17N3O. The van der Waals surface area contributed by atoms with Crippen molar-refractivity contribution in [1.29, 1.82) is 0 Å². The van der Waals surface area contributed by atoms with Crippen LogP contribution >= 0.6 is 0 Å². The van der Waals surface area contributed by atoms with Crippen molar-refractivity contribution in [2.24, 2.45) is 0 Å². The van der Waals surface area contributed by atoms with E-state index in [0.717, 1.165) is 28.2 Å². The van der Waals surface area contributed by atoms with Crippen molar-refractivity contribution < 1.29 is 4.79 Å². The van der Waals surface area contributed by atoms with E-state index in [2.05, 4.69) is 10.6 Å². The molecular weight excluding hydrogens is 310 g/mol. The predicted octanol–water partition coefficient (Wildman–Crippen LogP) is 4.20. The molecule has 25 heavy (non-hydrogen) atoms. The lowest BCUT2D eigenvalue weighted by Gasteiger charge is -2.14. The molecule has 3 aromatic carbocycles. The Labute approximate surface area is 146 Å². The van der Waals surface area contributed by atoms with Crippen LogP contribution in [0.1, 0.15) is 11.1 Å². The minimum Gasteiger partial charge on any atom is -0.399 e. The number of anilines is 3. The van der Waals surface area contributed by atoms with Crippen LogP contribution in [-0.2, 0) is 4.79 Å². The van der Waals surface area contributed by atoms with Gasteiger partial charge in [0.2, 0.25) is 0 Å². The summed E-state index contributed by atoms with van der Waals surface area (Å²) in [6.07, 6.45) is 0. The molecule has 0 saturated heterocycles. The fourth-order valence-electron chi connectivity index (χ4n) is 2.99. The summed E-state index contributed by atoms with van der Waals surface area (Å²) in [5, 5.41) is 6.32. The Morgan fingerprint density at radius 1 is 0.880 bits per heavy atom. The number of fused-ring (bicyclic) bond motifs is 1. The van der Waals surface area contributed by atoms with Crippen LogP contribution in [0, 0.1) is 0 Å². The molecule has 3 aromatic rings. The van der Waals surface area contributed by atoms with Gasteiger partial charge in [-0.25, -0.2) is 0 Å². The summed E-state index contributed by atoms with van der Waals surface area (Å²) in [6, 6.07) is 25.1. The van der Waals surface area contributed by atoms with Gasteiger partial charge in [0.05, 0.1) is 17.0 Å². The van der Waals surface area contributed by atoms with Crippen molar-refractivity contribution >= 4 is 34.2 Å². The number of para-hydroxylation sites is 1. The van der Waals surface area contributed by atoms with Gasteiger partial charge in [-0.3, -0.25) is 4.79 Å². The first-order valence-corrected chi connectivity index (χ1v) is 8.05. The molecule has 0 aromatic heterocycles. The van der Waals surface area contributed by atoms with Crippen molar-refractivity contribution in [1.82, 2.24) is 0 Å². The molecule has 1 heterocycles. The van der Waals surface area contributed by atoms with Crippen molar-refractivity contribution in [3.05, 3.63) is 90.0 Å². The van der Waals surface area contributed by atoms with Gasteiger partial charge in [-0.1, -0.05) is 48.5 Å². The van der Waals surface area contributed by atoms with Gasteiger partial charge in [-0.2, -0.15) is 0 Å². The van der Waals surface area contributed by atoms with Crippen LogP contribution in [-0.4, -0.2) is 5.91 Å². The van der Waals surface area contributed by atoms with Gasteiger partial charge < -0.3 is 16.4 Å². The van der Waals surface area contributed by atoms with E-state index in [1.165, 1.54) is 0 Å². The van der Waals surface area contributed by atoms with Crippen molar-refractivity contribution in [3.8, 4) is 0 Å². The molecule has 0 atom stereocenters. The fraction of sp³-hybridized carbons (Fsp3) is 0. The number of nitrogens with one attached hydrogen (secondary N) is 2. The monoisotopic (exact) mass is 327 g/mol. The summed E-state index contributed by atoms with van der Waals surface area (Å²) < 4.78 is 0. The van der Waals surface area contributed by atoms with Crippen LogP contribution in [0.5, 0.6) is 0 Å². The molecule has 1 aliphatic heterocycles. The number of hydrogen-bond acceptors (Lipinski definition) is 3. The van der Waals surface area contributed by atoms with Gasteiger partial charge in [0, 0.05) is 16.9 Å². The second kappa shape index (κ2) is 6.17. The average Bonchev–Trinajstić information content (AvgIpc) is 2.96. The van der Waals surface area contributed by atoms with Gasteiger partial charge in [0.25, 0.3) is 5.91 Å². The molecule has 122 valence electrons. The van der Waals surface area contributed by atoms with E-state index in [4.69, 9.17) is 5.73 Å². The van der Waals surface area contributed by atoms with E-state index in [0.29, 0.717) is 11.3 Å². The summed E-state index contributed by atoms with van der Waals surface area (Å²) in [5.41, 5.74) is 11.3. The normalized spacial score (nSPS) is 14.6. The van der Waals surface area contributed by atoms with E-state index in [9.17, 15) is 4.79 Å². The number of rotatable bonds is 3. The van der Waals surface area contributed by atoms with E-state index >= 15 is 0 Å². The Hall–Kier alpha value is -3.53. The van der Waals surface area contributed by atoms with Crippen LogP contribution in [0.4, 0.5) is 17.1 Å². The number of hydrogen-bond donors (Lipinski definition) is 3. The highest BCUT2D eigenvalue weighted by molar-refractivity contribution is 6.37. The second-order valence-electron chi connectivity index (χ2n) is 5.87. The molecule has 4 heteroatoms. The molecule has 1 aliphatic rings. The predicted molar refractivity (Wildman–Crippen MR) is 103 cm³/mol. The fourth-order valence-corrected chi connectivity index (χ4v) is 2.99. The average molecular weight is 327 g/mol. The molecule has 0 radical (unpaired) electrons. The summed E-state index contributed by atoms with van der Waals surface area (Å²) in [7, 11) is 0. The lowest BCUT2D eigenvalue weighted by atomic mass is 10.00. The van der Waals surface area contributed by atoms with E-state index in [1.807, 2.05) is 72.8 Å². The highest BCUT2D eigenvalue weighted by Crippen LogP contribution is 2.38. The maximum Gasteiger partial charge on any atom is 0.258 e. The standard InChI is InChI=1S/C21H17N3O/c22-15-11-12-17-18(13-15)24-21(25)19(17)20(14-7-3-1-4-8-14)23-16-9-5-2-6-10-16/h1-13,23H,22H2,(H,24,25)/b20-19-. The third kappa shape index (κ3) is 2.85. The summed E-state index contributed by atoms with van der Waals surface area (Å²) in [5.74, 6) is -0.136. The van der Waals surface area contributed by atoms with Crippen molar-refractivity contribution in [2.75, 3.05) is 16.4 Å². The van der Waals surface area contributed by atoms with Gasteiger partial charge in [-0.05, 0) is 35.9 Å². The molecule has 0 unspecified atom stereocenters. The van der Waals surface area contributed by atoms with Gasteiger partial charge in [-0.15, -0.1) is 0 Å². The number of nitrogen functional groups attached to an aromatic ring is 1. The van der Waals surface area contributed by atoms with Crippen LogP contribution in [0.3, 0.4) is 0 Å². The Balaban J connectivity index is 1.91. The van der Waals surface area contributed by atoms with Crippen LogP contribution in [0.25, 0.3) is 11.3 Å². The maximum atomic E-state index is 12.7. The summed E-state index contributed by atoms with van der Waals surface area (Å²) in [4.78, 5) is 12.7. The molecule has 0 bridgehead atoms. The Morgan fingerprint density at radius 3 is 2.28 bits per heavy atom. The maximum absolute atomic E-state index is 12.7. The molecule has 0 saturated carbocycles. The summed E-state index contributed by atoms with van der Waals surface area (Å²) in [6.45, 7) is 0. The second-order valence-corrected chi connectivity index (χ2v) is 5.87. The zero-order chi connectivity index (χ0) is 17.2. The third-order valence-electron chi connectivity index (χ3n) is 4.14. The molecule has 0 fully saturated rings. The van der Waals surface area contributed by atoms with Gasteiger partial charge >= 0.3 is 0 Å². The molecule has 0 spiro atoms. The van der Waals surface area contributed by atoms with Crippen LogP contribution < -0.4 is 16.4 Å². The quantitative estimate of drug-likeness (QED) is 0.499. The molecule has 4 nitrogen and oxygen atoms in total. The lowest BCUT2D eigenvalue weighted by molar-refractivity contribution is -0.110. The lowest BCUT2D eigenvalue weighted by Crippen LogP contribution is -2.10. The minimum atomic E-state index is -0.136. The number of nitrogens with two attached hydrogens (primary N) is 1. The smallest absolute Gasteiger partial charge is 0.258 e. The third-order valence-corrected chi connectivity index (χ3v) is 4.14. The van der Waals surface area contributed by atoms with Gasteiger partial charge in [0.15, 0.2) is 0 Å². The number of carbonyl (C=O) groups is 1. The number of carbonyl (C=O) groups excluding carboxylic acids is 1. The first kappa shape index (κ1) is 15.0. The van der Waals surface area contributed by atoms with Crippen molar-refractivity contribution in [3.63, 3.8) is 0 Å². The highest BCUT2D eigenvalue weighted by Gasteiger charge is 2.28. The zero-order valence-corrected chi connectivity index (χ0v) is 13.5. The first-order valence-electron chi connectivity index (χ1n) is 8.05. The molecule has 4 rings (SSSR count). The topological polar surface area (TPSA) is 67.1 Å². The Kier molecular flexibility index (Phi) is 3.71. The van der Waals surface area contributed by atoms with E-state index in [-0.39, 0.29) is 5.91 Å². The molecule has 1 amide bonds. The Bertz CT molecular complexity index is 963.